The lowest BCUT2D eigenvalue weighted by molar-refractivity contribution is 0.0529. The van der Waals surface area contributed by atoms with Crippen molar-refractivity contribution in [1.82, 2.24) is 0 Å². The number of ketones is 1. The Morgan fingerprint density at radius 3 is 2.55 bits per heavy atom. The van der Waals surface area contributed by atoms with Crippen LogP contribution in [-0.4, -0.2) is 24.9 Å². The Morgan fingerprint density at radius 1 is 1.30 bits per heavy atom. The Kier molecular flexibility index (Phi) is 6.51. The van der Waals surface area contributed by atoms with Gasteiger partial charge in [-0.3, -0.25) is 4.79 Å². The van der Waals surface area contributed by atoms with Crippen LogP contribution in [0, 0.1) is 0 Å². The lowest BCUT2D eigenvalue weighted by Crippen LogP contribution is -2.11. The monoisotopic (exact) mass is 298 g/mol. The number of thiophene rings is 1. The van der Waals surface area contributed by atoms with Crippen LogP contribution >= 0.6 is 11.3 Å². The van der Waals surface area contributed by atoms with Crippen molar-refractivity contribution in [2.45, 2.75) is 40.0 Å². The summed E-state index contributed by atoms with van der Waals surface area (Å²) in [4.78, 5) is 23.9. The average molecular weight is 298 g/mol. The first-order valence-electron chi connectivity index (χ1n) is 6.87. The van der Waals surface area contributed by atoms with Gasteiger partial charge in [-0.05, 0) is 13.3 Å². The summed E-state index contributed by atoms with van der Waals surface area (Å²) in [5.74, 6) is -0.619. The zero-order valence-electron chi connectivity index (χ0n) is 12.2. The lowest BCUT2D eigenvalue weighted by atomic mass is 10.2. The maximum absolute atomic E-state index is 12.0. The van der Waals surface area contributed by atoms with E-state index < -0.39 is 5.97 Å². The van der Waals surface area contributed by atoms with Crippen LogP contribution < -0.4 is 11.1 Å². The van der Waals surface area contributed by atoms with E-state index in [1.54, 1.807) is 6.92 Å². The Balaban J connectivity index is 2.98. The van der Waals surface area contributed by atoms with Crippen LogP contribution in [0.1, 0.15) is 60.1 Å². The highest BCUT2D eigenvalue weighted by Crippen LogP contribution is 2.36. The summed E-state index contributed by atoms with van der Waals surface area (Å²) < 4.78 is 5.01. The summed E-state index contributed by atoms with van der Waals surface area (Å²) in [6.45, 7) is 6.33. The van der Waals surface area contributed by atoms with E-state index in [2.05, 4.69) is 12.2 Å². The highest BCUT2D eigenvalue weighted by Gasteiger charge is 2.24. The minimum absolute atomic E-state index is 0.139. The van der Waals surface area contributed by atoms with Gasteiger partial charge in [-0.15, -0.1) is 11.3 Å². The third kappa shape index (κ3) is 3.96. The predicted molar refractivity (Wildman–Crippen MR) is 82.7 cm³/mol. The van der Waals surface area contributed by atoms with Crippen molar-refractivity contribution in [2.75, 3.05) is 24.2 Å². The van der Waals surface area contributed by atoms with E-state index >= 15 is 0 Å². The van der Waals surface area contributed by atoms with E-state index in [4.69, 9.17) is 10.5 Å². The molecule has 0 spiro atoms. The Labute approximate surface area is 123 Å². The number of ether oxygens (including phenoxy) is 1. The molecule has 1 rings (SSSR count). The topological polar surface area (TPSA) is 81.4 Å². The summed E-state index contributed by atoms with van der Waals surface area (Å²) in [5.41, 5.74) is 6.43. The molecule has 0 amide bonds. The maximum atomic E-state index is 12.0. The molecule has 1 aromatic rings. The van der Waals surface area contributed by atoms with Gasteiger partial charge in [0.15, 0.2) is 5.78 Å². The fraction of sp³-hybridized carbons (Fsp3) is 0.571. The number of Topliss-reactive ketones (excluding diaryl/α,β-unsaturated/α-hetero) is 1. The largest absolute Gasteiger partial charge is 0.462 e. The molecule has 5 nitrogen and oxygen atoms in total. The second-order valence-corrected chi connectivity index (χ2v) is 5.48. The van der Waals surface area contributed by atoms with Crippen LogP contribution in [0.3, 0.4) is 0 Å². The van der Waals surface area contributed by atoms with Crippen molar-refractivity contribution >= 4 is 33.8 Å². The molecule has 0 aliphatic rings. The molecular weight excluding hydrogens is 276 g/mol. The molecule has 0 unspecified atom stereocenters. The summed E-state index contributed by atoms with van der Waals surface area (Å²) in [6.07, 6.45) is 3.24. The van der Waals surface area contributed by atoms with E-state index in [9.17, 15) is 9.59 Å². The van der Waals surface area contributed by atoms with Gasteiger partial charge in [-0.2, -0.15) is 0 Å². The molecule has 0 bridgehead atoms. The number of esters is 1. The van der Waals surface area contributed by atoms with Gasteiger partial charge in [0.2, 0.25) is 0 Å². The highest BCUT2D eigenvalue weighted by atomic mass is 32.1. The van der Waals surface area contributed by atoms with Gasteiger partial charge in [0, 0.05) is 13.5 Å². The smallest absolute Gasteiger partial charge is 0.343 e. The molecule has 0 saturated heterocycles. The molecule has 0 aliphatic heterocycles. The number of nitrogens with two attached hydrogens (primary N) is 1. The van der Waals surface area contributed by atoms with Crippen molar-refractivity contribution < 1.29 is 14.3 Å². The van der Waals surface area contributed by atoms with Crippen LogP contribution in [0.5, 0.6) is 0 Å². The molecular formula is C14H22N2O3S. The number of nitrogens with one attached hydrogen (secondary N) is 1. The fourth-order valence-corrected chi connectivity index (χ4v) is 2.84. The van der Waals surface area contributed by atoms with Crippen molar-refractivity contribution in [2.24, 2.45) is 0 Å². The zero-order valence-corrected chi connectivity index (χ0v) is 13.1. The van der Waals surface area contributed by atoms with Crippen LogP contribution in [0.15, 0.2) is 0 Å². The molecule has 20 heavy (non-hydrogen) atoms. The third-order valence-corrected chi connectivity index (χ3v) is 4.07. The second kappa shape index (κ2) is 7.89. The first-order chi connectivity index (χ1) is 9.52. The number of unbranched alkanes of at least 4 members (excludes halogenated alkanes) is 2. The summed E-state index contributed by atoms with van der Waals surface area (Å²) >= 11 is 1.22. The Morgan fingerprint density at radius 2 is 2.00 bits per heavy atom. The molecule has 0 aromatic carbocycles. The quantitative estimate of drug-likeness (QED) is 0.437. The number of rotatable bonds is 8. The minimum atomic E-state index is -0.480. The van der Waals surface area contributed by atoms with Crippen molar-refractivity contribution in [3.05, 3.63) is 10.4 Å². The highest BCUT2D eigenvalue weighted by molar-refractivity contribution is 7.19. The van der Waals surface area contributed by atoms with Gasteiger partial charge in [0.1, 0.15) is 10.6 Å². The van der Waals surface area contributed by atoms with Crippen molar-refractivity contribution in [3.8, 4) is 0 Å². The van der Waals surface area contributed by atoms with Gasteiger partial charge in [-0.25, -0.2) is 4.79 Å². The average Bonchev–Trinajstić information content (AvgIpc) is 2.72. The molecule has 0 saturated carbocycles. The number of anilines is 2. The van der Waals surface area contributed by atoms with E-state index in [1.165, 1.54) is 18.3 Å². The Bertz CT molecular complexity index is 483. The number of hydrogen-bond donors (Lipinski definition) is 2. The minimum Gasteiger partial charge on any atom is -0.462 e. The summed E-state index contributed by atoms with van der Waals surface area (Å²) in [7, 11) is 0. The molecule has 1 heterocycles. The molecule has 0 aliphatic carbocycles. The number of hydrogen-bond acceptors (Lipinski definition) is 6. The van der Waals surface area contributed by atoms with Crippen molar-refractivity contribution in [1.29, 1.82) is 0 Å². The van der Waals surface area contributed by atoms with Crippen LogP contribution in [0.4, 0.5) is 10.7 Å². The summed E-state index contributed by atoms with van der Waals surface area (Å²) in [5, 5.41) is 3.82. The Hall–Kier alpha value is -1.56. The third-order valence-electron chi connectivity index (χ3n) is 2.81. The first-order valence-corrected chi connectivity index (χ1v) is 7.68. The predicted octanol–water partition coefficient (Wildman–Crippen LogP) is 3.31. The fourth-order valence-electron chi connectivity index (χ4n) is 1.81. The van der Waals surface area contributed by atoms with Gasteiger partial charge in [-0.1, -0.05) is 19.8 Å². The SMILES string of the molecule is CCCCCNc1sc(C(C)=O)c(N)c1C(=O)OCC. The van der Waals surface area contributed by atoms with Crippen molar-refractivity contribution in [3.63, 3.8) is 0 Å². The van der Waals surface area contributed by atoms with E-state index in [0.29, 0.717) is 15.4 Å². The van der Waals surface area contributed by atoms with E-state index in [-0.39, 0.29) is 18.1 Å². The number of carbonyl (C=O) groups is 2. The van der Waals surface area contributed by atoms with E-state index in [1.807, 2.05) is 0 Å². The van der Waals surface area contributed by atoms with Crippen LogP contribution in [0.2, 0.25) is 0 Å². The number of nitrogen functional groups attached to an aromatic ring is 1. The molecule has 1 aromatic heterocycles. The summed E-state index contributed by atoms with van der Waals surface area (Å²) in [6, 6.07) is 0. The molecule has 0 radical (unpaired) electrons. The zero-order chi connectivity index (χ0) is 15.1. The van der Waals surface area contributed by atoms with E-state index in [0.717, 1.165) is 25.8 Å². The van der Waals surface area contributed by atoms with Gasteiger partial charge in [0.25, 0.3) is 0 Å². The van der Waals surface area contributed by atoms with Gasteiger partial charge >= 0.3 is 5.97 Å². The van der Waals surface area contributed by atoms with Gasteiger partial charge in [0.05, 0.1) is 17.2 Å². The first kappa shape index (κ1) is 16.5. The standard InChI is InChI=1S/C14H22N2O3S/c1-4-6-7-8-16-13-10(14(18)19-5-2)11(15)12(20-13)9(3)17/h16H,4-8,15H2,1-3H3. The molecule has 0 atom stereocenters. The second-order valence-electron chi connectivity index (χ2n) is 4.46. The molecule has 0 fully saturated rings. The normalized spacial score (nSPS) is 10.3. The van der Waals surface area contributed by atoms with Gasteiger partial charge < -0.3 is 15.8 Å². The molecule has 3 N–H and O–H groups in total. The van der Waals surface area contributed by atoms with Crippen LogP contribution in [-0.2, 0) is 4.74 Å². The number of carbonyl (C=O) groups excluding carboxylic acids is 2. The molecule has 112 valence electrons. The van der Waals surface area contributed by atoms with Crippen LogP contribution in [0.25, 0.3) is 0 Å². The lowest BCUT2D eigenvalue weighted by Gasteiger charge is -2.07. The molecule has 6 heteroatoms. The maximum Gasteiger partial charge on any atom is 0.343 e.